The molecule has 0 saturated heterocycles. The smallest absolute Gasteiger partial charge is 0.0158 e. The highest BCUT2D eigenvalue weighted by Crippen LogP contribution is 2.67. The van der Waals surface area contributed by atoms with E-state index in [1.807, 2.05) is 0 Å². The van der Waals surface area contributed by atoms with Crippen LogP contribution in [0.2, 0.25) is 5.04 Å². The average molecular weight is 150 g/mol. The van der Waals surface area contributed by atoms with Crippen molar-refractivity contribution in [3.63, 3.8) is 0 Å². The summed E-state index contributed by atoms with van der Waals surface area (Å²) in [7, 11) is 1.41. The van der Waals surface area contributed by atoms with Crippen LogP contribution in [-0.4, -0.2) is 10.2 Å². The molecule has 3 rings (SSSR count). The van der Waals surface area contributed by atoms with Crippen LogP contribution in [0.5, 0.6) is 0 Å². The Bertz CT molecular complexity index is 209. The molecule has 1 heteroatoms. The molecule has 2 fully saturated rings. The van der Waals surface area contributed by atoms with Crippen molar-refractivity contribution in [2.24, 2.45) is 17.8 Å². The van der Waals surface area contributed by atoms with Crippen molar-refractivity contribution in [3.05, 3.63) is 12.2 Å². The predicted molar refractivity (Wildman–Crippen MR) is 46.1 cm³/mol. The van der Waals surface area contributed by atoms with Crippen molar-refractivity contribution in [3.8, 4) is 0 Å². The first-order valence-electron chi connectivity index (χ1n) is 4.49. The van der Waals surface area contributed by atoms with E-state index in [0.29, 0.717) is 0 Å². The van der Waals surface area contributed by atoms with Crippen molar-refractivity contribution in [2.45, 2.75) is 24.3 Å². The Morgan fingerprint density at radius 2 is 2.30 bits per heavy atom. The third-order valence-electron chi connectivity index (χ3n) is 4.12. The molecule has 0 aromatic carbocycles. The van der Waals surface area contributed by atoms with E-state index in [9.17, 15) is 0 Å². The van der Waals surface area contributed by atoms with E-state index in [2.05, 4.69) is 12.2 Å². The minimum atomic E-state index is 0.785. The average Bonchev–Trinajstić information content (AvgIpc) is 2.14. The standard InChI is InChI=1S/C9H14Si/c10-9-4-3-6(5-9)7-1-2-8(7)9/h3-4,6-8H,1-2,5H2,10H3. The van der Waals surface area contributed by atoms with Gasteiger partial charge in [-0.1, -0.05) is 12.2 Å². The van der Waals surface area contributed by atoms with Crippen LogP contribution in [0.4, 0.5) is 0 Å². The highest BCUT2D eigenvalue weighted by atomic mass is 28.1. The molecule has 0 aromatic heterocycles. The van der Waals surface area contributed by atoms with Gasteiger partial charge in [0.15, 0.2) is 0 Å². The lowest BCUT2D eigenvalue weighted by Gasteiger charge is -2.42. The van der Waals surface area contributed by atoms with Crippen molar-refractivity contribution in [2.75, 3.05) is 0 Å². The molecule has 0 nitrogen and oxygen atoms in total. The fourth-order valence-electron chi connectivity index (χ4n) is 3.41. The lowest BCUT2D eigenvalue weighted by molar-refractivity contribution is 0.167. The van der Waals surface area contributed by atoms with Gasteiger partial charge in [0.1, 0.15) is 0 Å². The quantitative estimate of drug-likeness (QED) is 0.359. The van der Waals surface area contributed by atoms with E-state index in [1.54, 1.807) is 12.8 Å². The molecule has 0 amide bonds. The molecule has 0 heterocycles. The lowest BCUT2D eigenvalue weighted by Crippen LogP contribution is -2.32. The highest BCUT2D eigenvalue weighted by Gasteiger charge is 2.55. The van der Waals surface area contributed by atoms with E-state index in [0.717, 1.165) is 22.8 Å². The topological polar surface area (TPSA) is 0 Å². The summed E-state index contributed by atoms with van der Waals surface area (Å²) in [6.07, 6.45) is 9.69. The summed E-state index contributed by atoms with van der Waals surface area (Å²) < 4.78 is 0. The third-order valence-corrected chi connectivity index (χ3v) is 5.61. The third kappa shape index (κ3) is 0.429. The van der Waals surface area contributed by atoms with Crippen LogP contribution in [0.1, 0.15) is 19.3 Å². The summed E-state index contributed by atoms with van der Waals surface area (Å²) in [5.41, 5.74) is 0. The molecule has 2 bridgehead atoms. The SMILES string of the molecule is [SiH3]C12C=CC(C1)C1CCC12. The Balaban J connectivity index is 2.07. The Hall–Kier alpha value is -0.0431. The summed E-state index contributed by atoms with van der Waals surface area (Å²) in [5, 5.41) is 0.785. The van der Waals surface area contributed by atoms with Gasteiger partial charge in [-0.15, -0.1) is 0 Å². The van der Waals surface area contributed by atoms with Gasteiger partial charge in [-0.2, -0.15) is 0 Å². The first-order chi connectivity index (χ1) is 4.80. The zero-order chi connectivity index (χ0) is 6.77. The van der Waals surface area contributed by atoms with Gasteiger partial charge >= 0.3 is 0 Å². The minimum Gasteiger partial charge on any atom is -0.0854 e. The van der Waals surface area contributed by atoms with E-state index in [-0.39, 0.29) is 0 Å². The molecular formula is C9H14Si. The molecule has 3 aliphatic carbocycles. The molecule has 0 aliphatic heterocycles. The summed E-state index contributed by atoms with van der Waals surface area (Å²) in [4.78, 5) is 0. The van der Waals surface area contributed by atoms with E-state index in [1.165, 1.54) is 16.7 Å². The number of fused-ring (bicyclic) bond motifs is 5. The van der Waals surface area contributed by atoms with Crippen molar-refractivity contribution >= 4 is 10.2 Å². The molecule has 0 radical (unpaired) electrons. The maximum absolute atomic E-state index is 2.55. The molecular weight excluding hydrogens is 136 g/mol. The summed E-state index contributed by atoms with van der Waals surface area (Å²) >= 11 is 0. The maximum atomic E-state index is 2.55. The second-order valence-electron chi connectivity index (χ2n) is 4.58. The Labute approximate surface area is 65.1 Å². The van der Waals surface area contributed by atoms with Crippen LogP contribution in [-0.2, 0) is 0 Å². The Morgan fingerprint density at radius 1 is 1.40 bits per heavy atom. The van der Waals surface area contributed by atoms with E-state index < -0.39 is 0 Å². The highest BCUT2D eigenvalue weighted by molar-refractivity contribution is 6.17. The zero-order valence-electron chi connectivity index (χ0n) is 6.51. The largest absolute Gasteiger partial charge is 0.0854 e. The maximum Gasteiger partial charge on any atom is 0.0158 e. The van der Waals surface area contributed by atoms with Gasteiger partial charge in [-0.3, -0.25) is 0 Å². The predicted octanol–water partition coefficient (Wildman–Crippen LogP) is 1.13. The lowest BCUT2D eigenvalue weighted by atomic mass is 9.67. The monoisotopic (exact) mass is 150 g/mol. The number of allylic oxidation sites excluding steroid dienone is 2. The van der Waals surface area contributed by atoms with E-state index >= 15 is 0 Å². The molecule has 10 heavy (non-hydrogen) atoms. The number of hydrogen-bond acceptors (Lipinski definition) is 0. The Morgan fingerprint density at radius 3 is 2.70 bits per heavy atom. The van der Waals surface area contributed by atoms with Gasteiger partial charge in [-0.05, 0) is 42.1 Å². The summed E-state index contributed by atoms with van der Waals surface area (Å²) in [6.45, 7) is 0. The van der Waals surface area contributed by atoms with Crippen LogP contribution in [0.25, 0.3) is 0 Å². The second-order valence-corrected chi connectivity index (χ2v) is 6.44. The van der Waals surface area contributed by atoms with E-state index in [4.69, 9.17) is 0 Å². The fourth-order valence-corrected chi connectivity index (χ4v) is 4.79. The first-order valence-corrected chi connectivity index (χ1v) is 5.49. The molecule has 4 unspecified atom stereocenters. The van der Waals surface area contributed by atoms with Crippen molar-refractivity contribution < 1.29 is 0 Å². The van der Waals surface area contributed by atoms with Crippen LogP contribution in [0.3, 0.4) is 0 Å². The normalized spacial score (nSPS) is 62.6. The van der Waals surface area contributed by atoms with Gasteiger partial charge < -0.3 is 0 Å². The Kier molecular flexibility index (Phi) is 0.796. The van der Waals surface area contributed by atoms with Crippen molar-refractivity contribution in [1.82, 2.24) is 0 Å². The first kappa shape index (κ1) is 5.59. The molecule has 2 saturated carbocycles. The molecule has 54 valence electrons. The van der Waals surface area contributed by atoms with Gasteiger partial charge in [0, 0.05) is 10.2 Å². The van der Waals surface area contributed by atoms with Crippen LogP contribution in [0.15, 0.2) is 12.2 Å². The summed E-state index contributed by atoms with van der Waals surface area (Å²) in [5.74, 6) is 3.31. The number of hydrogen-bond donors (Lipinski definition) is 0. The fraction of sp³-hybridized carbons (Fsp3) is 0.778. The number of rotatable bonds is 0. The van der Waals surface area contributed by atoms with Crippen LogP contribution >= 0.6 is 0 Å². The van der Waals surface area contributed by atoms with Gasteiger partial charge in [0.2, 0.25) is 0 Å². The minimum absolute atomic E-state index is 0.785. The zero-order valence-corrected chi connectivity index (χ0v) is 8.51. The van der Waals surface area contributed by atoms with Gasteiger partial charge in [0.05, 0.1) is 0 Å². The molecule has 4 atom stereocenters. The van der Waals surface area contributed by atoms with Crippen LogP contribution in [0, 0.1) is 17.8 Å². The van der Waals surface area contributed by atoms with Crippen molar-refractivity contribution in [1.29, 1.82) is 0 Å². The molecule has 3 aliphatic rings. The molecule has 0 N–H and O–H groups in total. The second kappa shape index (κ2) is 1.42. The van der Waals surface area contributed by atoms with Gasteiger partial charge in [-0.25, -0.2) is 0 Å². The summed E-state index contributed by atoms with van der Waals surface area (Å²) in [6, 6.07) is 0. The molecule has 0 spiro atoms. The van der Waals surface area contributed by atoms with Crippen LogP contribution < -0.4 is 0 Å². The molecule has 0 aromatic rings. The van der Waals surface area contributed by atoms with Gasteiger partial charge in [0.25, 0.3) is 0 Å².